The lowest BCUT2D eigenvalue weighted by Crippen LogP contribution is -2.25. The number of aromatic nitrogens is 1. The number of amides is 2. The highest BCUT2D eigenvalue weighted by Gasteiger charge is 2.19. The number of fused-ring (bicyclic) bond motifs is 1. The van der Waals surface area contributed by atoms with Gasteiger partial charge >= 0.3 is 0 Å². The standard InChI is InChI=1S/C21H20N4O3S/c1-25-11-10-17-18(12-25)29-21(23-17)24-20(27)14-4-8-16(9-5-14)28-15-6-2-13(3-7-15)19(22)26/h2-9H,10-12H2,1H3,(H2,22,26)(H,23,24,27). The molecule has 0 aliphatic carbocycles. The van der Waals surface area contributed by atoms with Gasteiger partial charge in [0.2, 0.25) is 5.91 Å². The van der Waals surface area contributed by atoms with Crippen molar-refractivity contribution in [1.82, 2.24) is 9.88 Å². The molecule has 0 bridgehead atoms. The van der Waals surface area contributed by atoms with Gasteiger partial charge in [-0.25, -0.2) is 4.98 Å². The van der Waals surface area contributed by atoms with Gasteiger partial charge < -0.3 is 15.4 Å². The molecular weight excluding hydrogens is 388 g/mol. The fourth-order valence-corrected chi connectivity index (χ4v) is 4.13. The molecule has 2 heterocycles. The van der Waals surface area contributed by atoms with E-state index in [1.165, 1.54) is 16.2 Å². The van der Waals surface area contributed by atoms with E-state index in [4.69, 9.17) is 10.5 Å². The molecule has 0 atom stereocenters. The smallest absolute Gasteiger partial charge is 0.257 e. The third-order valence-electron chi connectivity index (χ3n) is 4.63. The SMILES string of the molecule is CN1CCc2nc(NC(=O)c3ccc(Oc4ccc(C(N)=O)cc4)cc3)sc2C1. The van der Waals surface area contributed by atoms with Gasteiger partial charge in [-0.1, -0.05) is 0 Å². The second-order valence-electron chi connectivity index (χ2n) is 6.85. The van der Waals surface area contributed by atoms with Gasteiger partial charge in [0, 0.05) is 35.5 Å². The molecule has 0 radical (unpaired) electrons. The molecule has 0 fully saturated rings. The predicted molar refractivity (Wildman–Crippen MR) is 112 cm³/mol. The summed E-state index contributed by atoms with van der Waals surface area (Å²) in [4.78, 5) is 31.6. The first-order chi connectivity index (χ1) is 14.0. The Morgan fingerprint density at radius 3 is 2.31 bits per heavy atom. The van der Waals surface area contributed by atoms with Crippen molar-refractivity contribution < 1.29 is 14.3 Å². The highest BCUT2D eigenvalue weighted by molar-refractivity contribution is 7.15. The van der Waals surface area contributed by atoms with Gasteiger partial charge in [0.1, 0.15) is 11.5 Å². The Morgan fingerprint density at radius 2 is 1.69 bits per heavy atom. The van der Waals surface area contributed by atoms with Crippen LogP contribution in [-0.2, 0) is 13.0 Å². The molecule has 148 valence electrons. The minimum atomic E-state index is -0.486. The van der Waals surface area contributed by atoms with E-state index < -0.39 is 5.91 Å². The second-order valence-corrected chi connectivity index (χ2v) is 7.93. The van der Waals surface area contributed by atoms with Gasteiger partial charge in [-0.05, 0) is 55.6 Å². The number of primary amides is 1. The summed E-state index contributed by atoms with van der Waals surface area (Å²) in [6.45, 7) is 1.85. The minimum Gasteiger partial charge on any atom is -0.457 e. The normalized spacial score (nSPS) is 13.6. The first-order valence-electron chi connectivity index (χ1n) is 9.14. The maximum Gasteiger partial charge on any atom is 0.257 e. The number of nitrogens with zero attached hydrogens (tertiary/aromatic N) is 2. The monoisotopic (exact) mass is 408 g/mol. The molecule has 29 heavy (non-hydrogen) atoms. The van der Waals surface area contributed by atoms with Crippen molar-refractivity contribution >= 4 is 28.3 Å². The van der Waals surface area contributed by atoms with Crippen molar-refractivity contribution in [1.29, 1.82) is 0 Å². The van der Waals surface area contributed by atoms with Crippen LogP contribution in [0, 0.1) is 0 Å². The second kappa shape index (κ2) is 8.02. The Balaban J connectivity index is 1.39. The zero-order chi connectivity index (χ0) is 20.4. The summed E-state index contributed by atoms with van der Waals surface area (Å²) < 4.78 is 5.73. The van der Waals surface area contributed by atoms with Crippen molar-refractivity contribution in [3.8, 4) is 11.5 Å². The van der Waals surface area contributed by atoms with Gasteiger partial charge in [-0.2, -0.15) is 0 Å². The third-order valence-corrected chi connectivity index (χ3v) is 5.63. The Hall–Kier alpha value is -3.23. The van der Waals surface area contributed by atoms with Crippen LogP contribution in [-0.4, -0.2) is 35.3 Å². The molecule has 4 rings (SSSR count). The van der Waals surface area contributed by atoms with E-state index in [1.54, 1.807) is 48.5 Å². The van der Waals surface area contributed by atoms with E-state index in [1.807, 2.05) is 0 Å². The molecule has 2 amide bonds. The lowest BCUT2D eigenvalue weighted by atomic mass is 10.2. The van der Waals surface area contributed by atoms with Crippen LogP contribution in [0.3, 0.4) is 0 Å². The average molecular weight is 408 g/mol. The van der Waals surface area contributed by atoms with Crippen LogP contribution < -0.4 is 15.8 Å². The number of thiazole rings is 1. The highest BCUT2D eigenvalue weighted by atomic mass is 32.1. The van der Waals surface area contributed by atoms with Gasteiger partial charge in [0.05, 0.1) is 5.69 Å². The maximum absolute atomic E-state index is 12.5. The number of nitrogens with two attached hydrogens (primary N) is 1. The van der Waals surface area contributed by atoms with Gasteiger partial charge in [-0.15, -0.1) is 11.3 Å². The molecule has 0 saturated carbocycles. The number of carbonyl (C=O) groups excluding carboxylic acids is 2. The van der Waals surface area contributed by atoms with Crippen molar-refractivity contribution in [2.24, 2.45) is 5.73 Å². The lowest BCUT2D eigenvalue weighted by molar-refractivity contribution is 0.0997. The first kappa shape index (κ1) is 19.1. The van der Waals surface area contributed by atoms with Crippen molar-refractivity contribution in [3.05, 3.63) is 70.2 Å². The van der Waals surface area contributed by atoms with Crippen molar-refractivity contribution in [2.75, 3.05) is 18.9 Å². The van der Waals surface area contributed by atoms with Crippen molar-refractivity contribution in [3.63, 3.8) is 0 Å². The largest absolute Gasteiger partial charge is 0.457 e. The zero-order valence-electron chi connectivity index (χ0n) is 15.8. The number of hydrogen-bond donors (Lipinski definition) is 2. The Morgan fingerprint density at radius 1 is 1.07 bits per heavy atom. The van der Waals surface area contributed by atoms with E-state index in [0.717, 1.165) is 25.2 Å². The molecule has 3 N–H and O–H groups in total. The van der Waals surface area contributed by atoms with Crippen LogP contribution in [0.25, 0.3) is 0 Å². The quantitative estimate of drug-likeness (QED) is 0.675. The predicted octanol–water partition coefficient (Wildman–Crippen LogP) is 3.27. The van der Waals surface area contributed by atoms with E-state index >= 15 is 0 Å². The molecule has 7 nitrogen and oxygen atoms in total. The summed E-state index contributed by atoms with van der Waals surface area (Å²) in [6.07, 6.45) is 0.907. The third kappa shape index (κ3) is 4.44. The molecule has 1 aliphatic heterocycles. The minimum absolute atomic E-state index is 0.207. The molecule has 3 aromatic rings. The number of likely N-dealkylation sites (N-methyl/N-ethyl adjacent to an activating group) is 1. The summed E-state index contributed by atoms with van der Waals surface area (Å²) in [7, 11) is 2.08. The number of carbonyl (C=O) groups is 2. The van der Waals surface area contributed by atoms with Crippen LogP contribution >= 0.6 is 11.3 Å². The summed E-state index contributed by atoms with van der Waals surface area (Å²) in [6, 6.07) is 13.4. The average Bonchev–Trinajstić information content (AvgIpc) is 3.10. The van der Waals surface area contributed by atoms with Crippen LogP contribution in [0.2, 0.25) is 0 Å². The molecule has 8 heteroatoms. The number of ether oxygens (including phenoxy) is 1. The van der Waals surface area contributed by atoms with E-state index in [2.05, 4.69) is 22.2 Å². The maximum atomic E-state index is 12.5. The number of nitrogens with one attached hydrogen (secondary N) is 1. The highest BCUT2D eigenvalue weighted by Crippen LogP contribution is 2.28. The number of rotatable bonds is 5. The van der Waals surface area contributed by atoms with E-state index in [0.29, 0.717) is 27.8 Å². The zero-order valence-corrected chi connectivity index (χ0v) is 16.7. The fourth-order valence-electron chi connectivity index (χ4n) is 3.04. The number of anilines is 1. The molecule has 0 spiro atoms. The molecule has 0 saturated heterocycles. The number of hydrogen-bond acceptors (Lipinski definition) is 6. The summed E-state index contributed by atoms with van der Waals surface area (Å²) in [5.74, 6) is 0.466. The lowest BCUT2D eigenvalue weighted by Gasteiger charge is -2.20. The number of benzene rings is 2. The Labute approximate surface area is 172 Å². The molecule has 0 unspecified atom stereocenters. The van der Waals surface area contributed by atoms with Crippen molar-refractivity contribution in [2.45, 2.75) is 13.0 Å². The van der Waals surface area contributed by atoms with E-state index in [-0.39, 0.29) is 5.91 Å². The van der Waals surface area contributed by atoms with Crippen LogP contribution in [0.5, 0.6) is 11.5 Å². The molecule has 1 aromatic heterocycles. The topological polar surface area (TPSA) is 97.6 Å². The summed E-state index contributed by atoms with van der Waals surface area (Å²) >= 11 is 1.53. The summed E-state index contributed by atoms with van der Waals surface area (Å²) in [5.41, 5.74) is 7.24. The Kier molecular flexibility index (Phi) is 5.28. The molecular formula is C21H20N4O3S. The van der Waals surface area contributed by atoms with Crippen LogP contribution in [0.4, 0.5) is 5.13 Å². The van der Waals surface area contributed by atoms with Gasteiger partial charge in [-0.3, -0.25) is 14.9 Å². The first-order valence-corrected chi connectivity index (χ1v) is 9.96. The van der Waals surface area contributed by atoms with Gasteiger partial charge in [0.15, 0.2) is 5.13 Å². The molecule has 2 aromatic carbocycles. The summed E-state index contributed by atoms with van der Waals surface area (Å²) in [5, 5.41) is 3.51. The van der Waals surface area contributed by atoms with E-state index in [9.17, 15) is 9.59 Å². The Bertz CT molecular complexity index is 1040. The van der Waals surface area contributed by atoms with Crippen LogP contribution in [0.1, 0.15) is 31.3 Å². The fraction of sp³-hybridized carbons (Fsp3) is 0.190. The van der Waals surface area contributed by atoms with Gasteiger partial charge in [0.25, 0.3) is 5.91 Å². The molecule has 1 aliphatic rings. The van der Waals surface area contributed by atoms with Crippen LogP contribution in [0.15, 0.2) is 48.5 Å².